The summed E-state index contributed by atoms with van der Waals surface area (Å²) in [5, 5.41) is 13.8. The number of nitrogens with one attached hydrogen (secondary N) is 2. The van der Waals surface area contributed by atoms with Crippen molar-refractivity contribution >= 4 is 11.9 Å². The highest BCUT2D eigenvalue weighted by molar-refractivity contribution is 5.90. The lowest BCUT2D eigenvalue weighted by molar-refractivity contribution is -0.118. The first-order chi connectivity index (χ1) is 9.22. The summed E-state index contributed by atoms with van der Waals surface area (Å²) in [6, 6.07) is 0.582. The number of rotatable bonds is 4. The zero-order chi connectivity index (χ0) is 13.2. The van der Waals surface area contributed by atoms with E-state index in [9.17, 15) is 4.79 Å². The second-order valence-electron chi connectivity index (χ2n) is 5.29. The van der Waals surface area contributed by atoms with Crippen LogP contribution in [0.1, 0.15) is 31.6 Å². The molecule has 0 aromatic carbocycles. The maximum Gasteiger partial charge on any atom is 0.322 e. The SMILES string of the molecule is C[C@H]1CNCCN1CC(=O)Nc1nnc(C2CC2)o1. The maximum absolute atomic E-state index is 11.9. The van der Waals surface area contributed by atoms with Gasteiger partial charge in [0, 0.05) is 31.6 Å². The second kappa shape index (κ2) is 5.26. The molecule has 0 unspecified atom stereocenters. The number of hydrogen-bond donors (Lipinski definition) is 2. The zero-order valence-electron chi connectivity index (χ0n) is 11.1. The number of hydrogen-bond acceptors (Lipinski definition) is 6. The third-order valence-electron chi connectivity index (χ3n) is 3.60. The van der Waals surface area contributed by atoms with Gasteiger partial charge in [0.15, 0.2) is 0 Å². The van der Waals surface area contributed by atoms with Crippen LogP contribution in [0.2, 0.25) is 0 Å². The minimum atomic E-state index is -0.0975. The first kappa shape index (κ1) is 12.6. The van der Waals surface area contributed by atoms with Crippen molar-refractivity contribution in [2.24, 2.45) is 0 Å². The predicted octanol–water partition coefficient (Wildman–Crippen LogP) is 0.179. The number of amides is 1. The summed E-state index contributed by atoms with van der Waals surface area (Å²) < 4.78 is 5.41. The van der Waals surface area contributed by atoms with Crippen LogP contribution in [-0.4, -0.2) is 53.2 Å². The fraction of sp³-hybridized carbons (Fsp3) is 0.750. The van der Waals surface area contributed by atoms with Crippen LogP contribution in [0.15, 0.2) is 4.42 Å². The Morgan fingerprint density at radius 3 is 3.11 bits per heavy atom. The normalized spacial score (nSPS) is 24.4. The lowest BCUT2D eigenvalue weighted by Gasteiger charge is -2.32. The topological polar surface area (TPSA) is 83.3 Å². The van der Waals surface area contributed by atoms with Gasteiger partial charge in [-0.1, -0.05) is 5.10 Å². The molecule has 1 saturated heterocycles. The van der Waals surface area contributed by atoms with E-state index in [1.165, 1.54) is 0 Å². The van der Waals surface area contributed by atoms with Crippen LogP contribution in [-0.2, 0) is 4.79 Å². The van der Waals surface area contributed by atoms with Gasteiger partial charge in [-0.25, -0.2) is 0 Å². The molecular weight excluding hydrogens is 246 g/mol. The Morgan fingerprint density at radius 1 is 1.53 bits per heavy atom. The van der Waals surface area contributed by atoms with Crippen LogP contribution in [0.25, 0.3) is 0 Å². The second-order valence-corrected chi connectivity index (χ2v) is 5.29. The Morgan fingerprint density at radius 2 is 2.37 bits per heavy atom. The third kappa shape index (κ3) is 3.10. The van der Waals surface area contributed by atoms with Crippen molar-refractivity contribution in [2.45, 2.75) is 31.7 Å². The summed E-state index contributed by atoms with van der Waals surface area (Å²) in [6.07, 6.45) is 2.21. The molecular formula is C12H19N5O2. The standard InChI is InChI=1S/C12H19N5O2/c1-8-6-13-4-5-17(8)7-10(18)14-12-16-15-11(19-12)9-2-3-9/h8-9,13H,2-7H2,1H3,(H,14,16,18)/t8-/m0/s1. The van der Waals surface area contributed by atoms with E-state index in [1.807, 2.05) is 0 Å². The van der Waals surface area contributed by atoms with Crippen LogP contribution in [0.4, 0.5) is 6.01 Å². The molecule has 104 valence electrons. The fourth-order valence-electron chi connectivity index (χ4n) is 2.24. The Bertz CT molecular complexity index is 457. The van der Waals surface area contributed by atoms with Crippen molar-refractivity contribution in [1.29, 1.82) is 0 Å². The number of carbonyl (C=O) groups is 1. The number of carbonyl (C=O) groups excluding carboxylic acids is 1. The van der Waals surface area contributed by atoms with Crippen molar-refractivity contribution in [3.63, 3.8) is 0 Å². The highest BCUT2D eigenvalue weighted by Crippen LogP contribution is 2.39. The number of piperazine rings is 1. The average Bonchev–Trinajstić information content (AvgIpc) is 3.14. The molecule has 0 spiro atoms. The minimum Gasteiger partial charge on any atom is -0.408 e. The van der Waals surface area contributed by atoms with Gasteiger partial charge >= 0.3 is 6.01 Å². The van der Waals surface area contributed by atoms with Gasteiger partial charge in [0.05, 0.1) is 6.54 Å². The minimum absolute atomic E-state index is 0.0975. The Hall–Kier alpha value is -1.47. The lowest BCUT2D eigenvalue weighted by atomic mass is 10.2. The molecule has 1 amide bonds. The Kier molecular flexibility index (Phi) is 3.48. The summed E-state index contributed by atoms with van der Waals surface area (Å²) >= 11 is 0. The molecule has 0 bridgehead atoms. The predicted molar refractivity (Wildman–Crippen MR) is 68.8 cm³/mol. The van der Waals surface area contributed by atoms with Crippen LogP contribution < -0.4 is 10.6 Å². The number of aromatic nitrogens is 2. The van der Waals surface area contributed by atoms with Gasteiger partial charge in [-0.2, -0.15) is 0 Å². The first-order valence-electron chi connectivity index (χ1n) is 6.80. The molecule has 2 aliphatic rings. The first-order valence-corrected chi connectivity index (χ1v) is 6.80. The summed E-state index contributed by atoms with van der Waals surface area (Å²) in [7, 11) is 0. The molecule has 7 nitrogen and oxygen atoms in total. The summed E-state index contributed by atoms with van der Waals surface area (Å²) in [4.78, 5) is 14.1. The maximum atomic E-state index is 11.9. The van der Waals surface area contributed by atoms with Gasteiger partial charge < -0.3 is 9.73 Å². The molecule has 0 radical (unpaired) electrons. The van der Waals surface area contributed by atoms with Crippen LogP contribution in [0.5, 0.6) is 0 Å². The van der Waals surface area contributed by atoms with Crippen LogP contribution in [0.3, 0.4) is 0 Å². The number of nitrogens with zero attached hydrogens (tertiary/aromatic N) is 3. The molecule has 1 aliphatic heterocycles. The fourth-order valence-corrected chi connectivity index (χ4v) is 2.24. The van der Waals surface area contributed by atoms with E-state index in [0.29, 0.717) is 24.4 Å². The highest BCUT2D eigenvalue weighted by Gasteiger charge is 2.29. The quantitative estimate of drug-likeness (QED) is 0.808. The summed E-state index contributed by atoms with van der Waals surface area (Å²) in [5.41, 5.74) is 0. The smallest absolute Gasteiger partial charge is 0.322 e. The molecule has 2 fully saturated rings. The molecule has 2 heterocycles. The van der Waals surface area contributed by atoms with E-state index in [2.05, 4.69) is 32.7 Å². The van der Waals surface area contributed by atoms with E-state index in [-0.39, 0.29) is 11.9 Å². The van der Waals surface area contributed by atoms with E-state index >= 15 is 0 Å². The molecule has 1 saturated carbocycles. The van der Waals surface area contributed by atoms with Crippen molar-refractivity contribution in [3.8, 4) is 0 Å². The molecule has 1 aromatic rings. The van der Waals surface area contributed by atoms with Gasteiger partial charge in [0.25, 0.3) is 0 Å². The van der Waals surface area contributed by atoms with Crippen molar-refractivity contribution in [1.82, 2.24) is 20.4 Å². The van der Waals surface area contributed by atoms with Crippen molar-refractivity contribution in [2.75, 3.05) is 31.5 Å². The Labute approximate surface area is 111 Å². The van der Waals surface area contributed by atoms with E-state index in [1.54, 1.807) is 0 Å². The molecule has 19 heavy (non-hydrogen) atoms. The molecule has 2 N–H and O–H groups in total. The molecule has 7 heteroatoms. The van der Waals surface area contributed by atoms with Gasteiger partial charge in [0.2, 0.25) is 11.8 Å². The molecule has 1 aromatic heterocycles. The van der Waals surface area contributed by atoms with Crippen molar-refractivity contribution < 1.29 is 9.21 Å². The Balaban J connectivity index is 1.52. The van der Waals surface area contributed by atoms with Gasteiger partial charge in [-0.15, -0.1) is 5.10 Å². The van der Waals surface area contributed by atoms with Gasteiger partial charge in [-0.3, -0.25) is 15.0 Å². The van der Waals surface area contributed by atoms with E-state index < -0.39 is 0 Å². The summed E-state index contributed by atoms with van der Waals surface area (Å²) in [6.45, 7) is 5.19. The van der Waals surface area contributed by atoms with Crippen molar-refractivity contribution in [3.05, 3.63) is 5.89 Å². The summed E-state index contributed by atoms with van der Waals surface area (Å²) in [5.74, 6) is 0.955. The van der Waals surface area contributed by atoms with Gasteiger partial charge in [0.1, 0.15) is 0 Å². The van der Waals surface area contributed by atoms with Gasteiger partial charge in [-0.05, 0) is 19.8 Å². The third-order valence-corrected chi connectivity index (χ3v) is 3.60. The molecule has 1 atom stereocenters. The average molecular weight is 265 g/mol. The monoisotopic (exact) mass is 265 g/mol. The highest BCUT2D eigenvalue weighted by atomic mass is 16.4. The van der Waals surface area contributed by atoms with E-state index in [0.717, 1.165) is 32.5 Å². The zero-order valence-corrected chi connectivity index (χ0v) is 11.1. The van der Waals surface area contributed by atoms with E-state index in [4.69, 9.17) is 4.42 Å². The largest absolute Gasteiger partial charge is 0.408 e. The molecule has 1 aliphatic carbocycles. The van der Waals surface area contributed by atoms with Crippen LogP contribution >= 0.6 is 0 Å². The molecule has 3 rings (SSSR count). The van der Waals surface area contributed by atoms with Crippen LogP contribution in [0, 0.1) is 0 Å². The lowest BCUT2D eigenvalue weighted by Crippen LogP contribution is -2.52. The number of anilines is 1.